The van der Waals surface area contributed by atoms with Crippen molar-refractivity contribution in [2.75, 3.05) is 7.11 Å². The molecule has 1 N–H and O–H groups in total. The molecule has 0 saturated carbocycles. The molecule has 0 atom stereocenters. The van der Waals surface area contributed by atoms with E-state index in [1.165, 1.54) is 45.2 Å². The SMILES string of the molecule is COc1cc(/C=C(\NC(C)=O)C(=O)[O-])ccc1OC(C)=O. The van der Waals surface area contributed by atoms with E-state index < -0.39 is 17.8 Å². The van der Waals surface area contributed by atoms with Crippen LogP contribution in [0.5, 0.6) is 11.5 Å². The van der Waals surface area contributed by atoms with Crippen LogP contribution in [0.2, 0.25) is 0 Å². The lowest BCUT2D eigenvalue weighted by atomic mass is 10.1. The molecule has 7 heteroatoms. The van der Waals surface area contributed by atoms with Gasteiger partial charge in [-0.3, -0.25) is 9.59 Å². The lowest BCUT2D eigenvalue weighted by Gasteiger charge is -2.11. The predicted molar refractivity (Wildman–Crippen MR) is 71.1 cm³/mol. The zero-order valence-corrected chi connectivity index (χ0v) is 11.8. The summed E-state index contributed by atoms with van der Waals surface area (Å²) in [6.07, 6.45) is 1.21. The van der Waals surface area contributed by atoms with Crippen molar-refractivity contribution < 1.29 is 29.0 Å². The first-order valence-corrected chi connectivity index (χ1v) is 5.90. The third-order valence-corrected chi connectivity index (χ3v) is 2.28. The number of ether oxygens (including phenoxy) is 2. The van der Waals surface area contributed by atoms with Crippen molar-refractivity contribution >= 4 is 23.9 Å². The second-order valence-corrected chi connectivity index (χ2v) is 4.03. The second-order valence-electron chi connectivity index (χ2n) is 4.03. The largest absolute Gasteiger partial charge is 0.543 e. The quantitative estimate of drug-likeness (QED) is 0.459. The molecule has 0 aromatic heterocycles. The molecule has 0 spiro atoms. The Morgan fingerprint density at radius 1 is 1.19 bits per heavy atom. The zero-order chi connectivity index (χ0) is 16.0. The molecule has 1 aromatic carbocycles. The van der Waals surface area contributed by atoms with Gasteiger partial charge in [0.05, 0.1) is 18.8 Å². The molecule has 0 aliphatic carbocycles. The summed E-state index contributed by atoms with van der Waals surface area (Å²) < 4.78 is 9.98. The number of carbonyl (C=O) groups is 3. The standard InChI is InChI=1S/C14H15NO6/c1-8(16)15-11(14(18)19)6-10-4-5-12(21-9(2)17)13(7-10)20-3/h4-7H,1-3H3,(H,15,16)(H,18,19)/p-1/b11-6-. The summed E-state index contributed by atoms with van der Waals surface area (Å²) in [5.74, 6) is -2.11. The summed E-state index contributed by atoms with van der Waals surface area (Å²) in [4.78, 5) is 32.8. The number of carboxylic acids is 1. The van der Waals surface area contributed by atoms with Gasteiger partial charge in [-0.15, -0.1) is 0 Å². The fourth-order valence-electron chi connectivity index (χ4n) is 1.52. The molecule has 112 valence electrons. The first-order valence-electron chi connectivity index (χ1n) is 5.90. The molecule has 0 bridgehead atoms. The molecular weight excluding hydrogens is 278 g/mol. The Hall–Kier alpha value is -2.83. The Kier molecular flexibility index (Phi) is 5.48. The number of nitrogens with one attached hydrogen (secondary N) is 1. The number of aliphatic carboxylic acids is 1. The second kappa shape index (κ2) is 7.09. The van der Waals surface area contributed by atoms with Crippen LogP contribution in [-0.4, -0.2) is 25.0 Å². The first-order chi connectivity index (χ1) is 9.83. The van der Waals surface area contributed by atoms with Crippen molar-refractivity contribution in [2.24, 2.45) is 0 Å². The molecule has 0 fully saturated rings. The number of amides is 1. The highest BCUT2D eigenvalue weighted by Crippen LogP contribution is 2.28. The number of rotatable bonds is 5. The Labute approximate surface area is 121 Å². The van der Waals surface area contributed by atoms with Gasteiger partial charge in [0, 0.05) is 13.8 Å². The van der Waals surface area contributed by atoms with Gasteiger partial charge in [-0.1, -0.05) is 6.07 Å². The average molecular weight is 292 g/mol. The molecule has 1 aromatic rings. The van der Waals surface area contributed by atoms with Gasteiger partial charge in [-0.25, -0.2) is 0 Å². The topological polar surface area (TPSA) is 105 Å². The molecule has 1 rings (SSSR count). The Morgan fingerprint density at radius 3 is 2.33 bits per heavy atom. The predicted octanol–water partition coefficient (Wildman–Crippen LogP) is -0.153. The van der Waals surface area contributed by atoms with Crippen LogP contribution >= 0.6 is 0 Å². The number of carboxylic acid groups (broad SMARTS) is 1. The third-order valence-electron chi connectivity index (χ3n) is 2.28. The molecular formula is C14H14NO6-. The van der Waals surface area contributed by atoms with Gasteiger partial charge in [-0.05, 0) is 23.8 Å². The maximum atomic E-state index is 10.9. The minimum Gasteiger partial charge on any atom is -0.543 e. The molecule has 21 heavy (non-hydrogen) atoms. The first kappa shape index (κ1) is 16.2. The van der Waals surface area contributed by atoms with Gasteiger partial charge in [0.2, 0.25) is 5.91 Å². The van der Waals surface area contributed by atoms with Crippen LogP contribution in [0.25, 0.3) is 6.08 Å². The van der Waals surface area contributed by atoms with Crippen LogP contribution in [0.3, 0.4) is 0 Å². The molecule has 0 radical (unpaired) electrons. The number of methoxy groups -OCH3 is 1. The maximum Gasteiger partial charge on any atom is 0.308 e. The monoisotopic (exact) mass is 292 g/mol. The Balaban J connectivity index is 3.15. The van der Waals surface area contributed by atoms with E-state index in [1.807, 2.05) is 0 Å². The van der Waals surface area contributed by atoms with E-state index in [2.05, 4.69) is 5.32 Å². The average Bonchev–Trinajstić information content (AvgIpc) is 2.38. The molecule has 0 aliphatic heterocycles. The van der Waals surface area contributed by atoms with Crippen molar-refractivity contribution in [2.45, 2.75) is 13.8 Å². The minimum absolute atomic E-state index is 0.205. The van der Waals surface area contributed by atoms with E-state index in [1.54, 1.807) is 0 Å². The smallest absolute Gasteiger partial charge is 0.308 e. The van der Waals surface area contributed by atoms with Crippen molar-refractivity contribution in [3.8, 4) is 11.5 Å². The highest BCUT2D eigenvalue weighted by Gasteiger charge is 2.08. The van der Waals surface area contributed by atoms with Crippen LogP contribution in [0.1, 0.15) is 19.4 Å². The molecule has 1 amide bonds. The number of benzene rings is 1. The van der Waals surface area contributed by atoms with E-state index in [4.69, 9.17) is 9.47 Å². The Bertz CT molecular complexity index is 605. The minimum atomic E-state index is -1.52. The highest BCUT2D eigenvalue weighted by atomic mass is 16.6. The summed E-state index contributed by atoms with van der Waals surface area (Å²) in [6, 6.07) is 4.42. The Morgan fingerprint density at radius 2 is 1.86 bits per heavy atom. The van der Waals surface area contributed by atoms with Crippen LogP contribution in [0.4, 0.5) is 0 Å². The number of esters is 1. The summed E-state index contributed by atoms with van der Waals surface area (Å²) in [5.41, 5.74) is 0.0421. The molecule has 0 saturated heterocycles. The van der Waals surface area contributed by atoms with Crippen LogP contribution in [0.15, 0.2) is 23.9 Å². The van der Waals surface area contributed by atoms with E-state index in [9.17, 15) is 19.5 Å². The highest BCUT2D eigenvalue weighted by molar-refractivity contribution is 5.95. The van der Waals surface area contributed by atoms with E-state index in [0.29, 0.717) is 5.56 Å². The van der Waals surface area contributed by atoms with Gasteiger partial charge < -0.3 is 24.7 Å². The van der Waals surface area contributed by atoms with Gasteiger partial charge in [0.1, 0.15) is 0 Å². The van der Waals surface area contributed by atoms with E-state index in [0.717, 1.165) is 0 Å². The summed E-state index contributed by atoms with van der Waals surface area (Å²) in [7, 11) is 1.38. The van der Waals surface area contributed by atoms with Gasteiger partial charge in [0.15, 0.2) is 11.5 Å². The van der Waals surface area contributed by atoms with Gasteiger partial charge >= 0.3 is 5.97 Å². The number of hydrogen-bond acceptors (Lipinski definition) is 6. The normalized spacial score (nSPS) is 10.7. The van der Waals surface area contributed by atoms with Crippen LogP contribution in [-0.2, 0) is 14.4 Å². The lowest BCUT2D eigenvalue weighted by molar-refractivity contribution is -0.299. The van der Waals surface area contributed by atoms with Crippen LogP contribution < -0.4 is 19.9 Å². The molecule has 0 unspecified atom stereocenters. The lowest BCUT2D eigenvalue weighted by Crippen LogP contribution is -2.34. The van der Waals surface area contributed by atoms with Crippen LogP contribution in [0, 0.1) is 0 Å². The van der Waals surface area contributed by atoms with Gasteiger partial charge in [-0.2, -0.15) is 0 Å². The van der Waals surface area contributed by atoms with Gasteiger partial charge in [0.25, 0.3) is 0 Å². The fraction of sp³-hybridized carbons (Fsp3) is 0.214. The summed E-state index contributed by atoms with van der Waals surface area (Å²) in [6.45, 7) is 2.43. The van der Waals surface area contributed by atoms with Crippen molar-refractivity contribution in [3.63, 3.8) is 0 Å². The molecule has 7 nitrogen and oxygen atoms in total. The zero-order valence-electron chi connectivity index (χ0n) is 11.8. The number of carbonyl (C=O) groups excluding carboxylic acids is 3. The molecule has 0 heterocycles. The van der Waals surface area contributed by atoms with Crippen molar-refractivity contribution in [1.82, 2.24) is 5.32 Å². The van der Waals surface area contributed by atoms with Crippen molar-refractivity contribution in [1.29, 1.82) is 0 Å². The fourth-order valence-corrected chi connectivity index (χ4v) is 1.52. The summed E-state index contributed by atoms with van der Waals surface area (Å²) in [5, 5.41) is 13.1. The molecule has 0 aliphatic rings. The van der Waals surface area contributed by atoms with Crippen molar-refractivity contribution in [3.05, 3.63) is 29.5 Å². The number of hydrogen-bond donors (Lipinski definition) is 1. The maximum absolute atomic E-state index is 10.9. The summed E-state index contributed by atoms with van der Waals surface area (Å²) >= 11 is 0. The van der Waals surface area contributed by atoms with E-state index >= 15 is 0 Å². The third kappa shape index (κ3) is 4.98. The van der Waals surface area contributed by atoms with E-state index in [-0.39, 0.29) is 17.2 Å².